The van der Waals surface area contributed by atoms with Crippen molar-refractivity contribution in [3.05, 3.63) is 45.8 Å². The molecule has 1 saturated heterocycles. The molecule has 2 aromatic rings. The van der Waals surface area contributed by atoms with Gasteiger partial charge in [0.05, 0.1) is 23.0 Å². The Hall–Kier alpha value is -2.23. The molecule has 33 heavy (non-hydrogen) atoms. The number of piperidine rings is 1. The van der Waals surface area contributed by atoms with E-state index in [1.54, 1.807) is 31.2 Å². The molecule has 0 saturated carbocycles. The summed E-state index contributed by atoms with van der Waals surface area (Å²) in [5, 5.41) is 3.48. The molecule has 0 spiro atoms. The Morgan fingerprint density at radius 2 is 1.88 bits per heavy atom. The van der Waals surface area contributed by atoms with Crippen LogP contribution in [-0.2, 0) is 32.4 Å². The topological polar surface area (TPSA) is 92.8 Å². The molecular formula is C24H30N2O5S2. The van der Waals surface area contributed by atoms with Crippen molar-refractivity contribution >= 4 is 38.2 Å². The molecule has 1 N–H and O–H groups in total. The van der Waals surface area contributed by atoms with Crippen LogP contribution in [0, 0.1) is 12.8 Å². The average molecular weight is 491 g/mol. The van der Waals surface area contributed by atoms with E-state index in [2.05, 4.69) is 5.32 Å². The highest BCUT2D eigenvalue weighted by atomic mass is 32.2. The molecule has 7 nitrogen and oxygen atoms in total. The van der Waals surface area contributed by atoms with Gasteiger partial charge in [0.2, 0.25) is 15.9 Å². The zero-order valence-electron chi connectivity index (χ0n) is 19.1. The van der Waals surface area contributed by atoms with Crippen LogP contribution in [0.2, 0.25) is 0 Å². The normalized spacial score (nSPS) is 19.0. The maximum atomic E-state index is 13.2. The summed E-state index contributed by atoms with van der Waals surface area (Å²) in [5.41, 5.74) is 2.46. The second-order valence-corrected chi connectivity index (χ2v) is 11.7. The van der Waals surface area contributed by atoms with E-state index >= 15 is 0 Å². The quantitative estimate of drug-likeness (QED) is 0.614. The van der Waals surface area contributed by atoms with Crippen molar-refractivity contribution in [2.75, 3.05) is 25.0 Å². The number of ether oxygens (including phenoxy) is 1. The number of esters is 1. The van der Waals surface area contributed by atoms with Crippen LogP contribution >= 0.6 is 11.3 Å². The number of nitrogens with zero attached hydrogens (tertiary/aromatic N) is 1. The van der Waals surface area contributed by atoms with Crippen molar-refractivity contribution in [1.82, 2.24) is 4.31 Å². The predicted octanol–water partition coefficient (Wildman–Crippen LogP) is 4.15. The van der Waals surface area contributed by atoms with Crippen molar-refractivity contribution in [2.45, 2.75) is 57.3 Å². The number of hydrogen-bond acceptors (Lipinski definition) is 6. The van der Waals surface area contributed by atoms with Crippen molar-refractivity contribution in [2.24, 2.45) is 5.92 Å². The number of fused-ring (bicyclic) bond motifs is 1. The Balaban J connectivity index is 1.53. The van der Waals surface area contributed by atoms with Gasteiger partial charge >= 0.3 is 5.97 Å². The lowest BCUT2D eigenvalue weighted by Gasteiger charge is -2.31. The van der Waals surface area contributed by atoms with Gasteiger partial charge in [0.25, 0.3) is 0 Å². The lowest BCUT2D eigenvalue weighted by molar-refractivity contribution is -0.120. The second-order valence-electron chi connectivity index (χ2n) is 8.64. The third-order valence-corrected chi connectivity index (χ3v) is 9.39. The summed E-state index contributed by atoms with van der Waals surface area (Å²) in [6.45, 7) is 4.46. The van der Waals surface area contributed by atoms with Gasteiger partial charge in [-0.2, -0.15) is 4.31 Å². The molecule has 0 unspecified atom stereocenters. The number of hydrogen-bond donors (Lipinski definition) is 1. The van der Waals surface area contributed by atoms with Crippen LogP contribution in [0.15, 0.2) is 29.2 Å². The molecule has 1 fully saturated rings. The van der Waals surface area contributed by atoms with Crippen LogP contribution in [0.25, 0.3) is 0 Å². The Morgan fingerprint density at radius 3 is 2.61 bits per heavy atom. The Kier molecular flexibility index (Phi) is 7.21. The minimum absolute atomic E-state index is 0.127. The van der Waals surface area contributed by atoms with Gasteiger partial charge in [-0.15, -0.1) is 11.3 Å². The first-order valence-corrected chi connectivity index (χ1v) is 13.8. The summed E-state index contributed by atoms with van der Waals surface area (Å²) >= 11 is 1.45. The summed E-state index contributed by atoms with van der Waals surface area (Å²) < 4.78 is 32.9. The molecule has 1 aromatic heterocycles. The monoisotopic (exact) mass is 490 g/mol. The minimum Gasteiger partial charge on any atom is -0.462 e. The summed E-state index contributed by atoms with van der Waals surface area (Å²) in [6, 6.07) is 6.76. The van der Waals surface area contributed by atoms with E-state index in [1.807, 2.05) is 6.92 Å². The largest absolute Gasteiger partial charge is 0.462 e. The molecule has 0 radical (unpaired) electrons. The molecule has 1 aromatic carbocycles. The molecule has 1 aliphatic heterocycles. The van der Waals surface area contributed by atoms with Crippen LogP contribution < -0.4 is 5.32 Å². The van der Waals surface area contributed by atoms with Gasteiger partial charge in [-0.25, -0.2) is 13.2 Å². The Morgan fingerprint density at radius 1 is 1.15 bits per heavy atom. The number of nitrogens with one attached hydrogen (secondary N) is 1. The van der Waals surface area contributed by atoms with E-state index in [0.717, 1.165) is 41.7 Å². The summed E-state index contributed by atoms with van der Waals surface area (Å²) in [4.78, 5) is 27.2. The predicted molar refractivity (Wildman–Crippen MR) is 128 cm³/mol. The number of carbonyl (C=O) groups excluding carboxylic acids is 2. The van der Waals surface area contributed by atoms with Gasteiger partial charge in [0.15, 0.2) is 0 Å². The summed E-state index contributed by atoms with van der Waals surface area (Å²) in [5.74, 6) is -1.13. The average Bonchev–Trinajstić information content (AvgIpc) is 3.17. The van der Waals surface area contributed by atoms with Gasteiger partial charge in [-0.1, -0.05) is 17.7 Å². The third-order valence-electron chi connectivity index (χ3n) is 6.30. The minimum atomic E-state index is -3.67. The van der Waals surface area contributed by atoms with Gasteiger partial charge in [-0.05, 0) is 70.1 Å². The standard InChI is InChI=1S/C24H30N2O5S2/c1-3-31-24(28)21-19-8-4-5-9-20(19)32-23(21)25-22(27)17-7-6-14-26(15-17)33(29,30)18-12-10-16(2)11-13-18/h10-13,17H,3-9,14-15H2,1-2H3,(H,25,27)/t17-/m1/s1. The number of amides is 1. The molecule has 9 heteroatoms. The van der Waals surface area contributed by atoms with Gasteiger partial charge in [-0.3, -0.25) is 4.79 Å². The Labute approximate surface area is 199 Å². The fourth-order valence-electron chi connectivity index (χ4n) is 4.52. The highest BCUT2D eigenvalue weighted by Gasteiger charge is 2.35. The number of thiophene rings is 1. The summed E-state index contributed by atoms with van der Waals surface area (Å²) in [6.07, 6.45) is 4.99. The lowest BCUT2D eigenvalue weighted by atomic mass is 9.95. The zero-order valence-corrected chi connectivity index (χ0v) is 20.7. The first-order chi connectivity index (χ1) is 15.8. The fourth-order valence-corrected chi connectivity index (χ4v) is 7.33. The lowest BCUT2D eigenvalue weighted by Crippen LogP contribution is -2.43. The van der Waals surface area contributed by atoms with E-state index in [0.29, 0.717) is 30.0 Å². The highest BCUT2D eigenvalue weighted by Crippen LogP contribution is 2.39. The van der Waals surface area contributed by atoms with E-state index in [9.17, 15) is 18.0 Å². The number of benzene rings is 1. The van der Waals surface area contributed by atoms with Gasteiger partial charge < -0.3 is 10.1 Å². The first kappa shape index (κ1) is 23.9. The van der Waals surface area contributed by atoms with Crippen LogP contribution in [0.1, 0.15) is 59.0 Å². The number of sulfonamides is 1. The summed E-state index contributed by atoms with van der Waals surface area (Å²) in [7, 11) is -3.67. The van der Waals surface area contributed by atoms with Crippen LogP contribution in [-0.4, -0.2) is 44.3 Å². The molecular weight excluding hydrogens is 460 g/mol. The number of rotatable bonds is 6. The molecule has 2 heterocycles. The fraction of sp³-hybridized carbons (Fsp3) is 0.500. The van der Waals surface area contributed by atoms with Crippen LogP contribution in [0.5, 0.6) is 0 Å². The van der Waals surface area contributed by atoms with Crippen molar-refractivity contribution in [1.29, 1.82) is 0 Å². The number of anilines is 1. The molecule has 1 amide bonds. The van der Waals surface area contributed by atoms with E-state index in [4.69, 9.17) is 4.74 Å². The molecule has 2 aliphatic rings. The van der Waals surface area contributed by atoms with Gasteiger partial charge in [0.1, 0.15) is 5.00 Å². The molecule has 178 valence electrons. The van der Waals surface area contributed by atoms with Gasteiger partial charge in [0, 0.05) is 18.0 Å². The van der Waals surface area contributed by atoms with E-state index < -0.39 is 21.9 Å². The molecule has 1 atom stereocenters. The zero-order chi connectivity index (χ0) is 23.6. The van der Waals surface area contributed by atoms with Crippen LogP contribution in [0.4, 0.5) is 5.00 Å². The Bertz CT molecular complexity index is 1140. The molecule has 4 rings (SSSR count). The first-order valence-electron chi connectivity index (χ1n) is 11.5. The maximum absolute atomic E-state index is 13.2. The van der Waals surface area contributed by atoms with E-state index in [1.165, 1.54) is 15.6 Å². The molecule has 1 aliphatic carbocycles. The van der Waals surface area contributed by atoms with Crippen LogP contribution in [0.3, 0.4) is 0 Å². The SMILES string of the molecule is CCOC(=O)c1c(NC(=O)[C@@H]2CCCN(S(=O)(=O)c3ccc(C)cc3)C2)sc2c1CCCC2. The van der Waals surface area contributed by atoms with Crippen molar-refractivity contribution in [3.63, 3.8) is 0 Å². The highest BCUT2D eigenvalue weighted by molar-refractivity contribution is 7.89. The smallest absolute Gasteiger partial charge is 0.341 e. The number of aryl methyl sites for hydroxylation is 2. The second kappa shape index (κ2) is 9.95. The maximum Gasteiger partial charge on any atom is 0.341 e. The van der Waals surface area contributed by atoms with E-state index in [-0.39, 0.29) is 24.0 Å². The third kappa shape index (κ3) is 5.00. The number of carbonyl (C=O) groups is 2. The molecule has 0 bridgehead atoms. The van der Waals surface area contributed by atoms with Crippen molar-refractivity contribution < 1.29 is 22.7 Å². The van der Waals surface area contributed by atoms with Crippen molar-refractivity contribution in [3.8, 4) is 0 Å².